The number of para-hydroxylation sites is 1. The lowest BCUT2D eigenvalue weighted by Crippen LogP contribution is -2.39. The molecule has 0 radical (unpaired) electrons. The van der Waals surface area contributed by atoms with Gasteiger partial charge >= 0.3 is 11.8 Å². The molecule has 0 heterocycles. The molecule has 4 N–H and O–H groups in total. The van der Waals surface area contributed by atoms with Crippen LogP contribution in [0.3, 0.4) is 0 Å². The average Bonchev–Trinajstić information content (AvgIpc) is 2.18. The predicted molar refractivity (Wildman–Crippen MR) is 47.4 cm³/mol. The van der Waals surface area contributed by atoms with Crippen LogP contribution in [0.4, 0.5) is 5.69 Å². The Kier molecular flexibility index (Phi) is 2.99. The fourth-order valence-corrected chi connectivity index (χ4v) is 0.775. The van der Waals surface area contributed by atoms with Crippen LogP contribution in [0.1, 0.15) is 0 Å². The van der Waals surface area contributed by atoms with E-state index < -0.39 is 11.8 Å². The van der Waals surface area contributed by atoms with Gasteiger partial charge in [0.25, 0.3) is 0 Å². The van der Waals surface area contributed by atoms with Crippen LogP contribution < -0.4 is 16.6 Å². The van der Waals surface area contributed by atoms with Crippen molar-refractivity contribution in [2.45, 2.75) is 0 Å². The number of rotatable bonds is 1. The van der Waals surface area contributed by atoms with Gasteiger partial charge in [0, 0.05) is 5.69 Å². The van der Waals surface area contributed by atoms with Gasteiger partial charge < -0.3 is 5.32 Å². The summed E-state index contributed by atoms with van der Waals surface area (Å²) >= 11 is 0. The lowest BCUT2D eigenvalue weighted by molar-refractivity contribution is -0.136. The van der Waals surface area contributed by atoms with E-state index in [1.165, 1.54) is 0 Å². The van der Waals surface area contributed by atoms with Crippen molar-refractivity contribution < 1.29 is 9.59 Å². The lowest BCUT2D eigenvalue weighted by atomic mass is 10.3. The van der Waals surface area contributed by atoms with Crippen LogP contribution in [-0.4, -0.2) is 11.8 Å². The molecule has 0 aromatic heterocycles. The number of amides is 2. The van der Waals surface area contributed by atoms with E-state index in [2.05, 4.69) is 5.32 Å². The highest BCUT2D eigenvalue weighted by Gasteiger charge is 2.10. The summed E-state index contributed by atoms with van der Waals surface area (Å²) in [6.45, 7) is 0. The van der Waals surface area contributed by atoms with Gasteiger partial charge in [0.05, 0.1) is 0 Å². The third-order valence-corrected chi connectivity index (χ3v) is 1.37. The summed E-state index contributed by atoms with van der Waals surface area (Å²) in [7, 11) is 0. The van der Waals surface area contributed by atoms with E-state index in [-0.39, 0.29) is 0 Å². The summed E-state index contributed by atoms with van der Waals surface area (Å²) < 4.78 is 0. The SMILES string of the molecule is NNC(=O)C(=O)Nc1ccccc1. The normalized spacial score (nSPS) is 9.00. The first-order valence-corrected chi connectivity index (χ1v) is 3.61. The number of benzene rings is 1. The van der Waals surface area contributed by atoms with E-state index >= 15 is 0 Å². The second-order valence-corrected chi connectivity index (χ2v) is 2.29. The predicted octanol–water partition coefficient (Wildman–Crippen LogP) is -0.385. The Bertz CT molecular complexity index is 310. The molecule has 68 valence electrons. The molecule has 0 saturated heterocycles. The fourth-order valence-electron chi connectivity index (χ4n) is 0.775. The van der Waals surface area contributed by atoms with Gasteiger partial charge in [-0.05, 0) is 12.1 Å². The van der Waals surface area contributed by atoms with Crippen LogP contribution in [0.5, 0.6) is 0 Å². The van der Waals surface area contributed by atoms with Crippen LogP contribution in [0.2, 0.25) is 0 Å². The molecule has 0 fully saturated rings. The molecular weight excluding hydrogens is 170 g/mol. The van der Waals surface area contributed by atoms with Crippen molar-refractivity contribution >= 4 is 17.5 Å². The monoisotopic (exact) mass is 179 g/mol. The third kappa shape index (κ3) is 2.57. The van der Waals surface area contributed by atoms with Crippen molar-refractivity contribution in [1.29, 1.82) is 0 Å². The second-order valence-electron chi connectivity index (χ2n) is 2.29. The second kappa shape index (κ2) is 4.22. The van der Waals surface area contributed by atoms with Gasteiger partial charge in [-0.3, -0.25) is 15.0 Å². The van der Waals surface area contributed by atoms with E-state index in [0.717, 1.165) is 0 Å². The molecule has 0 unspecified atom stereocenters. The number of hydrogen-bond acceptors (Lipinski definition) is 3. The first-order valence-electron chi connectivity index (χ1n) is 3.61. The van der Waals surface area contributed by atoms with E-state index in [1.807, 2.05) is 0 Å². The molecule has 0 aliphatic heterocycles. The highest BCUT2D eigenvalue weighted by molar-refractivity contribution is 6.39. The van der Waals surface area contributed by atoms with Crippen molar-refractivity contribution in [3.63, 3.8) is 0 Å². The van der Waals surface area contributed by atoms with Gasteiger partial charge in [-0.2, -0.15) is 0 Å². The molecule has 2 amide bonds. The Morgan fingerprint density at radius 3 is 2.23 bits per heavy atom. The van der Waals surface area contributed by atoms with Gasteiger partial charge in [-0.1, -0.05) is 18.2 Å². The summed E-state index contributed by atoms with van der Waals surface area (Å²) in [5.74, 6) is 3.11. The molecule has 0 spiro atoms. The third-order valence-electron chi connectivity index (χ3n) is 1.37. The summed E-state index contributed by atoms with van der Waals surface area (Å²) in [4.78, 5) is 21.6. The zero-order valence-corrected chi connectivity index (χ0v) is 6.78. The van der Waals surface area contributed by atoms with Crippen molar-refractivity contribution in [1.82, 2.24) is 5.43 Å². The van der Waals surface area contributed by atoms with Crippen LogP contribution >= 0.6 is 0 Å². The van der Waals surface area contributed by atoms with Crippen molar-refractivity contribution in [2.75, 3.05) is 5.32 Å². The number of nitrogens with one attached hydrogen (secondary N) is 2. The van der Waals surface area contributed by atoms with E-state index in [4.69, 9.17) is 5.84 Å². The van der Waals surface area contributed by atoms with Crippen LogP contribution in [0.25, 0.3) is 0 Å². The van der Waals surface area contributed by atoms with E-state index in [9.17, 15) is 9.59 Å². The number of carbonyl (C=O) groups is 2. The molecule has 1 aromatic rings. The molecule has 5 nitrogen and oxygen atoms in total. The van der Waals surface area contributed by atoms with Gasteiger partial charge in [0.1, 0.15) is 0 Å². The lowest BCUT2D eigenvalue weighted by Gasteiger charge is -2.02. The van der Waals surface area contributed by atoms with Gasteiger partial charge in [-0.15, -0.1) is 0 Å². The Labute approximate surface area is 74.9 Å². The molecule has 0 saturated carbocycles. The Hall–Kier alpha value is -1.88. The van der Waals surface area contributed by atoms with Crippen molar-refractivity contribution in [3.8, 4) is 0 Å². The summed E-state index contributed by atoms with van der Waals surface area (Å²) in [6, 6.07) is 8.63. The summed E-state index contributed by atoms with van der Waals surface area (Å²) in [5, 5.41) is 2.36. The Morgan fingerprint density at radius 2 is 1.69 bits per heavy atom. The molecule has 13 heavy (non-hydrogen) atoms. The molecule has 5 heteroatoms. The van der Waals surface area contributed by atoms with Crippen LogP contribution in [-0.2, 0) is 9.59 Å². The Balaban J connectivity index is 2.60. The average molecular weight is 179 g/mol. The molecule has 0 aliphatic carbocycles. The minimum absolute atomic E-state index is 0.552. The van der Waals surface area contributed by atoms with Gasteiger partial charge in [0.2, 0.25) is 0 Å². The molecular formula is C8H9N3O2. The zero-order valence-electron chi connectivity index (χ0n) is 6.78. The number of hydrazine groups is 1. The number of nitrogens with two attached hydrogens (primary N) is 1. The maximum absolute atomic E-state index is 10.9. The fraction of sp³-hybridized carbons (Fsp3) is 0. The highest BCUT2D eigenvalue weighted by Crippen LogP contribution is 2.03. The zero-order chi connectivity index (χ0) is 9.68. The smallest absolute Gasteiger partial charge is 0.318 e. The van der Waals surface area contributed by atoms with E-state index in [1.54, 1.807) is 35.8 Å². The van der Waals surface area contributed by atoms with Gasteiger partial charge in [-0.25, -0.2) is 5.84 Å². The van der Waals surface area contributed by atoms with Crippen molar-refractivity contribution in [3.05, 3.63) is 30.3 Å². The minimum atomic E-state index is -0.871. The topological polar surface area (TPSA) is 84.2 Å². The molecule has 1 aromatic carbocycles. The maximum Gasteiger partial charge on any atom is 0.323 e. The minimum Gasteiger partial charge on any atom is -0.318 e. The number of anilines is 1. The quantitative estimate of drug-likeness (QED) is 0.238. The van der Waals surface area contributed by atoms with Crippen LogP contribution in [0.15, 0.2) is 30.3 Å². The molecule has 0 atom stereocenters. The standard InChI is InChI=1S/C8H9N3O2/c9-11-8(13)7(12)10-6-4-2-1-3-5-6/h1-5H,9H2,(H,10,12)(H,11,13). The number of carbonyl (C=O) groups excluding carboxylic acids is 2. The van der Waals surface area contributed by atoms with Crippen molar-refractivity contribution in [2.24, 2.45) is 5.84 Å². The molecule has 1 rings (SSSR count). The largest absolute Gasteiger partial charge is 0.323 e. The maximum atomic E-state index is 10.9. The van der Waals surface area contributed by atoms with E-state index in [0.29, 0.717) is 5.69 Å². The highest BCUT2D eigenvalue weighted by atomic mass is 16.2. The first-order chi connectivity index (χ1) is 6.24. The van der Waals surface area contributed by atoms with Crippen LogP contribution in [0, 0.1) is 0 Å². The Morgan fingerprint density at radius 1 is 1.08 bits per heavy atom. The molecule has 0 bridgehead atoms. The summed E-state index contributed by atoms with van der Waals surface area (Å²) in [5.41, 5.74) is 2.29. The summed E-state index contributed by atoms with van der Waals surface area (Å²) in [6.07, 6.45) is 0. The number of hydrogen-bond donors (Lipinski definition) is 3. The van der Waals surface area contributed by atoms with Gasteiger partial charge in [0.15, 0.2) is 0 Å². The molecule has 0 aliphatic rings. The first kappa shape index (κ1) is 9.21.